The van der Waals surface area contributed by atoms with Crippen molar-refractivity contribution in [3.8, 4) is 0 Å². The Morgan fingerprint density at radius 1 is 1.06 bits per heavy atom. The molecule has 11 heteroatoms. The Hall–Kier alpha value is -1.44. The van der Waals surface area contributed by atoms with Gasteiger partial charge in [-0.15, -0.1) is 0 Å². The summed E-state index contributed by atoms with van der Waals surface area (Å²) in [7, 11) is -2.97. The molecule has 2 aliphatic rings. The molecule has 2 saturated heterocycles. The molecule has 34 heavy (non-hydrogen) atoms. The Morgan fingerprint density at radius 2 is 1.76 bits per heavy atom. The van der Waals surface area contributed by atoms with Crippen LogP contribution in [0.5, 0.6) is 0 Å². The fraction of sp³-hybridized carbons (Fsp3) is 0.696. The number of aliphatic hydroxyl groups is 5. The number of rotatable bonds is 8. The van der Waals surface area contributed by atoms with E-state index in [1.165, 1.54) is 0 Å². The van der Waals surface area contributed by atoms with Crippen LogP contribution in [0.25, 0.3) is 0 Å². The number of nitrogens with one attached hydrogen (secondary N) is 1. The molecule has 2 aliphatic heterocycles. The molecule has 0 bridgehead atoms. The van der Waals surface area contributed by atoms with E-state index in [9.17, 15) is 34.4 Å². The molecule has 0 unspecified atom stereocenters. The summed E-state index contributed by atoms with van der Waals surface area (Å²) in [4.78, 5) is 12.6. The van der Waals surface area contributed by atoms with Crippen molar-refractivity contribution in [1.29, 1.82) is 0 Å². The van der Waals surface area contributed by atoms with E-state index >= 15 is 0 Å². The predicted molar refractivity (Wildman–Crippen MR) is 124 cm³/mol. The van der Waals surface area contributed by atoms with Gasteiger partial charge in [-0.3, -0.25) is 4.79 Å². The van der Waals surface area contributed by atoms with Crippen molar-refractivity contribution in [3.05, 3.63) is 29.8 Å². The third-order valence-electron chi connectivity index (χ3n) is 6.87. The summed E-state index contributed by atoms with van der Waals surface area (Å²) in [6, 6.07) is 7.05. The van der Waals surface area contributed by atoms with Crippen LogP contribution in [0.4, 0.5) is 9.80 Å². The summed E-state index contributed by atoms with van der Waals surface area (Å²) in [5, 5.41) is 51.0. The lowest BCUT2D eigenvalue weighted by Gasteiger charge is -2.37. The Bertz CT molecular complexity index is 839. The number of carbonyl (C=O) groups excluding carboxylic acids is 1. The van der Waals surface area contributed by atoms with E-state index in [0.717, 1.165) is 5.56 Å². The quantitative estimate of drug-likeness (QED) is 0.225. The van der Waals surface area contributed by atoms with Crippen LogP contribution in [-0.4, -0.2) is 89.4 Å². The number of carbonyl (C=O) groups is 1. The van der Waals surface area contributed by atoms with E-state index < -0.39 is 45.0 Å². The predicted octanol–water partition coefficient (Wildman–Crippen LogP) is 0.688. The van der Waals surface area contributed by atoms with Crippen LogP contribution in [0, 0.1) is 5.92 Å². The van der Waals surface area contributed by atoms with Crippen LogP contribution in [0.15, 0.2) is 24.3 Å². The van der Waals surface area contributed by atoms with Crippen LogP contribution < -0.4 is 5.32 Å². The lowest BCUT2D eigenvalue weighted by molar-refractivity contribution is -0.274. The molecule has 1 aromatic carbocycles. The third-order valence-corrected chi connectivity index (χ3v) is 9.35. The molecule has 0 aliphatic carbocycles. The van der Waals surface area contributed by atoms with Gasteiger partial charge in [0.15, 0.2) is 12.4 Å². The topological polar surface area (TPSA) is 149 Å². The maximum absolute atomic E-state index is 14.9. The lowest BCUT2D eigenvalue weighted by Crippen LogP contribution is -2.60. The largest absolute Gasteiger partial charge is 0.396 e. The van der Waals surface area contributed by atoms with Gasteiger partial charge in [-0.1, -0.05) is 19.1 Å². The van der Waals surface area contributed by atoms with E-state index in [4.69, 9.17) is 9.47 Å². The van der Waals surface area contributed by atoms with Crippen molar-refractivity contribution in [2.75, 3.05) is 11.9 Å². The maximum Gasteiger partial charge on any atom is 0.256 e. The average molecular weight is 502 g/mol. The third kappa shape index (κ3) is 6.03. The molecule has 1 aromatic rings. The zero-order valence-electron chi connectivity index (χ0n) is 19.7. The van der Waals surface area contributed by atoms with Crippen molar-refractivity contribution < 1.29 is 43.9 Å². The molecule has 2 fully saturated rings. The highest BCUT2D eigenvalue weighted by molar-refractivity contribution is 6.72. The molecule has 2 heterocycles. The van der Waals surface area contributed by atoms with Gasteiger partial charge in [0.1, 0.15) is 18.3 Å². The molecular formula is C23H36FNO8Si. The first-order valence-electron chi connectivity index (χ1n) is 11.7. The number of ether oxygens (including phenoxy) is 2. The fourth-order valence-corrected chi connectivity index (χ4v) is 7.77. The minimum atomic E-state index is -2.97. The summed E-state index contributed by atoms with van der Waals surface area (Å²) >= 11 is 0. The second-order valence-electron chi connectivity index (χ2n) is 9.82. The van der Waals surface area contributed by atoms with Crippen LogP contribution in [-0.2, 0) is 20.7 Å². The Morgan fingerprint density at radius 3 is 2.41 bits per heavy atom. The second kappa shape index (κ2) is 11.1. The van der Waals surface area contributed by atoms with Gasteiger partial charge in [-0.25, -0.2) is 0 Å². The van der Waals surface area contributed by atoms with Crippen LogP contribution in [0.1, 0.15) is 25.3 Å². The molecule has 0 saturated carbocycles. The first-order valence-corrected chi connectivity index (χ1v) is 14.6. The number of aryl methyl sites for hydroxylation is 1. The number of halogens is 1. The zero-order valence-corrected chi connectivity index (χ0v) is 20.7. The van der Waals surface area contributed by atoms with Crippen LogP contribution in [0.2, 0.25) is 18.6 Å². The Labute approximate surface area is 199 Å². The monoisotopic (exact) mass is 501 g/mol. The Kier molecular flexibility index (Phi) is 8.85. The summed E-state index contributed by atoms with van der Waals surface area (Å²) in [5.74, 6) is -0.739. The number of hydrogen-bond acceptors (Lipinski definition) is 8. The van der Waals surface area contributed by atoms with Gasteiger partial charge in [-0.05, 0) is 56.0 Å². The fourth-order valence-electron chi connectivity index (χ4n) is 5.18. The van der Waals surface area contributed by atoms with Crippen molar-refractivity contribution >= 4 is 20.0 Å². The van der Waals surface area contributed by atoms with E-state index in [2.05, 4.69) is 5.32 Å². The zero-order chi connectivity index (χ0) is 25.2. The Balaban J connectivity index is 1.61. The van der Waals surface area contributed by atoms with Gasteiger partial charge in [0, 0.05) is 17.8 Å². The van der Waals surface area contributed by atoms with Gasteiger partial charge in [0.2, 0.25) is 8.41 Å². The molecule has 192 valence electrons. The molecule has 6 N–H and O–H groups in total. The van der Waals surface area contributed by atoms with Crippen LogP contribution >= 0.6 is 0 Å². The highest BCUT2D eigenvalue weighted by Gasteiger charge is 2.50. The van der Waals surface area contributed by atoms with Crippen molar-refractivity contribution in [2.24, 2.45) is 5.92 Å². The molecule has 0 aromatic heterocycles. The first-order chi connectivity index (χ1) is 15.9. The van der Waals surface area contributed by atoms with Crippen molar-refractivity contribution in [1.82, 2.24) is 0 Å². The lowest BCUT2D eigenvalue weighted by atomic mass is 9.95. The molecular weight excluding hydrogens is 465 g/mol. The summed E-state index contributed by atoms with van der Waals surface area (Å²) in [5.41, 5.74) is 1.16. The van der Waals surface area contributed by atoms with Crippen molar-refractivity contribution in [3.63, 3.8) is 0 Å². The van der Waals surface area contributed by atoms with Crippen LogP contribution in [0.3, 0.4) is 0 Å². The van der Waals surface area contributed by atoms with Crippen molar-refractivity contribution in [2.45, 2.75) is 87.7 Å². The summed E-state index contributed by atoms with van der Waals surface area (Å²) < 4.78 is 26.0. The minimum Gasteiger partial charge on any atom is -0.396 e. The van der Waals surface area contributed by atoms with Gasteiger partial charge in [0.05, 0.1) is 12.2 Å². The molecule has 1 amide bonds. The first kappa shape index (κ1) is 27.1. The standard InChI is InChI=1S/C23H36FNO8Si/c1-12-15(32-16(9-10-26)21(12)34(2,3)24)8-7-13-5-4-6-14(11-13)25-22(30)20-18(28)17(27)19(29)23(31)33-20/h4-6,11-12,15-21,23,26-29,31H,7-10H2,1-3H3,(H,25,30)/t12-,15+,16-,17+,18+,19-,20+,21+,23-/m1/s1. The van der Waals surface area contributed by atoms with Gasteiger partial charge >= 0.3 is 0 Å². The van der Waals surface area contributed by atoms with Gasteiger partial charge < -0.3 is 44.4 Å². The summed E-state index contributed by atoms with van der Waals surface area (Å²) in [6.07, 6.45) is -7.23. The highest BCUT2D eigenvalue weighted by Crippen LogP contribution is 2.46. The molecule has 0 spiro atoms. The second-order valence-corrected chi connectivity index (χ2v) is 13.6. The van der Waals surface area contributed by atoms with E-state index in [-0.39, 0.29) is 30.3 Å². The number of benzene rings is 1. The van der Waals surface area contributed by atoms with Gasteiger partial charge in [0.25, 0.3) is 5.91 Å². The van der Waals surface area contributed by atoms with E-state index in [1.54, 1.807) is 31.3 Å². The van der Waals surface area contributed by atoms with Gasteiger partial charge in [-0.2, -0.15) is 0 Å². The molecule has 9 atom stereocenters. The highest BCUT2D eigenvalue weighted by atomic mass is 28.4. The van der Waals surface area contributed by atoms with E-state index in [1.807, 2.05) is 13.0 Å². The number of hydrogen-bond donors (Lipinski definition) is 6. The average Bonchev–Trinajstić information content (AvgIpc) is 3.09. The number of aliphatic hydroxyl groups excluding tert-OH is 5. The minimum absolute atomic E-state index is 0.0317. The number of amides is 1. The normalized spacial score (nSPS) is 36.4. The molecule has 0 radical (unpaired) electrons. The molecule has 3 rings (SSSR count). The summed E-state index contributed by atoms with van der Waals surface area (Å²) in [6.45, 7) is 5.33. The SMILES string of the molecule is C[C@H]1[C@H]([Si](C)(C)F)[C@@H](CCO)O[C@H]1CCc1cccc(NC(=O)[C@H]2O[C@@H](O)[C@H](O)[C@@H](O)[C@@H]2O)c1. The van der Waals surface area contributed by atoms with E-state index in [0.29, 0.717) is 24.9 Å². The molecule has 9 nitrogen and oxygen atoms in total. The smallest absolute Gasteiger partial charge is 0.256 e. The number of anilines is 1. The maximum atomic E-state index is 14.9.